The first kappa shape index (κ1) is 17.0. The monoisotopic (exact) mass is 318 g/mol. The number of nitrogens with one attached hydrogen (secondary N) is 2. The van der Waals surface area contributed by atoms with E-state index in [0.29, 0.717) is 24.2 Å². The third-order valence-electron chi connectivity index (χ3n) is 3.69. The van der Waals surface area contributed by atoms with Gasteiger partial charge < -0.3 is 15.7 Å². The van der Waals surface area contributed by atoms with Gasteiger partial charge in [0.15, 0.2) is 0 Å². The largest absolute Gasteiger partial charge is 0.481 e. The quantitative estimate of drug-likeness (QED) is 0.609. The van der Waals surface area contributed by atoms with Crippen LogP contribution in [-0.2, 0) is 9.59 Å². The van der Waals surface area contributed by atoms with Gasteiger partial charge in [-0.3, -0.25) is 14.4 Å². The molecule has 1 aromatic carbocycles. The van der Waals surface area contributed by atoms with E-state index in [9.17, 15) is 14.4 Å². The fraction of sp³-hybridized carbons (Fsp3) is 0.471. The molecule has 6 nitrogen and oxygen atoms in total. The highest BCUT2D eigenvalue weighted by Crippen LogP contribution is 2.30. The lowest BCUT2D eigenvalue weighted by atomic mass is 10.1. The van der Waals surface area contributed by atoms with Crippen molar-refractivity contribution in [3.8, 4) is 0 Å². The minimum absolute atomic E-state index is 0.0148. The molecular formula is C17H22N2O4. The number of rotatable bonds is 9. The average molecular weight is 318 g/mol. The van der Waals surface area contributed by atoms with E-state index >= 15 is 0 Å². The zero-order chi connectivity index (χ0) is 16.7. The first-order valence-electron chi connectivity index (χ1n) is 7.97. The van der Waals surface area contributed by atoms with Crippen molar-refractivity contribution in [2.45, 2.75) is 38.5 Å². The van der Waals surface area contributed by atoms with Crippen LogP contribution in [0.25, 0.3) is 0 Å². The molecule has 0 unspecified atom stereocenters. The smallest absolute Gasteiger partial charge is 0.303 e. The number of amides is 2. The summed E-state index contributed by atoms with van der Waals surface area (Å²) in [5.41, 5.74) is 1.14. The molecule has 1 fully saturated rings. The molecule has 0 bridgehead atoms. The Hall–Kier alpha value is -2.37. The maximum Gasteiger partial charge on any atom is 0.303 e. The molecule has 23 heavy (non-hydrogen) atoms. The first-order valence-corrected chi connectivity index (χ1v) is 7.97. The molecule has 0 aromatic heterocycles. The Labute approximate surface area is 135 Å². The van der Waals surface area contributed by atoms with Gasteiger partial charge in [0.1, 0.15) is 0 Å². The highest BCUT2D eigenvalue weighted by atomic mass is 16.4. The zero-order valence-electron chi connectivity index (χ0n) is 13.0. The SMILES string of the molecule is O=C(O)CCCCCNC(=O)c1cccc(NC(=O)C2CC2)c1. The minimum atomic E-state index is -0.793. The summed E-state index contributed by atoms with van der Waals surface area (Å²) >= 11 is 0. The first-order chi connectivity index (χ1) is 11.1. The van der Waals surface area contributed by atoms with Crippen molar-refractivity contribution in [2.24, 2.45) is 5.92 Å². The van der Waals surface area contributed by atoms with Crippen LogP contribution in [0.2, 0.25) is 0 Å². The van der Waals surface area contributed by atoms with Crippen LogP contribution in [0.1, 0.15) is 48.9 Å². The highest BCUT2D eigenvalue weighted by molar-refractivity contribution is 5.98. The number of unbranched alkanes of at least 4 members (excludes halogenated alkanes) is 2. The van der Waals surface area contributed by atoms with E-state index in [4.69, 9.17) is 5.11 Å². The van der Waals surface area contributed by atoms with Gasteiger partial charge in [-0.2, -0.15) is 0 Å². The fourth-order valence-electron chi connectivity index (χ4n) is 2.21. The molecule has 1 aliphatic carbocycles. The van der Waals surface area contributed by atoms with Crippen molar-refractivity contribution in [3.05, 3.63) is 29.8 Å². The van der Waals surface area contributed by atoms with Crippen molar-refractivity contribution < 1.29 is 19.5 Å². The average Bonchev–Trinajstić information content (AvgIpc) is 3.35. The van der Waals surface area contributed by atoms with Crippen LogP contribution in [-0.4, -0.2) is 29.4 Å². The number of anilines is 1. The van der Waals surface area contributed by atoms with Gasteiger partial charge in [0.05, 0.1) is 0 Å². The van der Waals surface area contributed by atoms with Crippen LogP contribution in [0.15, 0.2) is 24.3 Å². The Balaban J connectivity index is 1.73. The number of carboxylic acids is 1. The van der Waals surface area contributed by atoms with Gasteiger partial charge in [-0.25, -0.2) is 0 Å². The number of carbonyl (C=O) groups excluding carboxylic acids is 2. The summed E-state index contributed by atoms with van der Waals surface area (Å²) in [6.45, 7) is 0.511. The number of carboxylic acid groups (broad SMARTS) is 1. The van der Waals surface area contributed by atoms with Gasteiger partial charge >= 0.3 is 5.97 Å². The maximum atomic E-state index is 12.1. The van der Waals surface area contributed by atoms with Crippen molar-refractivity contribution in [1.29, 1.82) is 0 Å². The summed E-state index contributed by atoms with van der Waals surface area (Å²) in [5.74, 6) is -0.843. The Morgan fingerprint density at radius 1 is 1.13 bits per heavy atom. The van der Waals surface area contributed by atoms with Crippen molar-refractivity contribution in [2.75, 3.05) is 11.9 Å². The van der Waals surface area contributed by atoms with Crippen LogP contribution in [0.5, 0.6) is 0 Å². The zero-order valence-corrected chi connectivity index (χ0v) is 13.0. The third kappa shape index (κ3) is 6.10. The van der Waals surface area contributed by atoms with Crippen LogP contribution >= 0.6 is 0 Å². The van der Waals surface area contributed by atoms with Crippen LogP contribution < -0.4 is 10.6 Å². The molecular weight excluding hydrogens is 296 g/mol. The summed E-state index contributed by atoms with van der Waals surface area (Å²) in [7, 11) is 0. The van der Waals surface area contributed by atoms with E-state index in [0.717, 1.165) is 25.7 Å². The lowest BCUT2D eigenvalue weighted by Crippen LogP contribution is -2.24. The standard InChI is InChI=1S/C17H22N2O4/c20-15(21)7-2-1-3-10-18-16(22)13-5-4-6-14(11-13)19-17(23)12-8-9-12/h4-6,11-12H,1-3,7-10H2,(H,18,22)(H,19,23)(H,20,21). The summed E-state index contributed by atoms with van der Waals surface area (Å²) in [4.78, 5) is 34.2. The summed E-state index contributed by atoms with van der Waals surface area (Å²) in [6.07, 6.45) is 4.17. The molecule has 0 radical (unpaired) electrons. The van der Waals surface area contributed by atoms with Crippen LogP contribution in [0.3, 0.4) is 0 Å². The topological polar surface area (TPSA) is 95.5 Å². The molecule has 2 amide bonds. The molecule has 124 valence electrons. The molecule has 6 heteroatoms. The second kappa shape index (κ2) is 8.31. The second-order valence-electron chi connectivity index (χ2n) is 5.80. The predicted molar refractivity (Wildman–Crippen MR) is 86.2 cm³/mol. The van der Waals surface area contributed by atoms with Gasteiger partial charge in [-0.1, -0.05) is 12.5 Å². The molecule has 1 aliphatic rings. The molecule has 0 spiro atoms. The van der Waals surface area contributed by atoms with Crippen LogP contribution in [0, 0.1) is 5.92 Å². The highest BCUT2D eigenvalue weighted by Gasteiger charge is 2.29. The van der Waals surface area contributed by atoms with Gasteiger partial charge in [-0.05, 0) is 43.9 Å². The lowest BCUT2D eigenvalue weighted by Gasteiger charge is -2.08. The third-order valence-corrected chi connectivity index (χ3v) is 3.69. The lowest BCUT2D eigenvalue weighted by molar-refractivity contribution is -0.137. The normalized spacial score (nSPS) is 13.4. The number of carbonyl (C=O) groups is 3. The van der Waals surface area contributed by atoms with Gasteiger partial charge in [0, 0.05) is 30.1 Å². The molecule has 0 atom stereocenters. The number of hydrogen-bond donors (Lipinski definition) is 3. The predicted octanol–water partition coefficient (Wildman–Crippen LogP) is 2.41. The second-order valence-corrected chi connectivity index (χ2v) is 5.80. The molecule has 2 rings (SSSR count). The van der Waals surface area contributed by atoms with E-state index in [1.54, 1.807) is 24.3 Å². The molecule has 3 N–H and O–H groups in total. The van der Waals surface area contributed by atoms with Crippen molar-refractivity contribution in [1.82, 2.24) is 5.32 Å². The fourth-order valence-corrected chi connectivity index (χ4v) is 2.21. The van der Waals surface area contributed by atoms with E-state index in [-0.39, 0.29) is 24.2 Å². The van der Waals surface area contributed by atoms with E-state index in [1.165, 1.54) is 0 Å². The van der Waals surface area contributed by atoms with Crippen LogP contribution in [0.4, 0.5) is 5.69 Å². The summed E-state index contributed by atoms with van der Waals surface area (Å²) < 4.78 is 0. The molecule has 0 saturated heterocycles. The van der Waals surface area contributed by atoms with E-state index < -0.39 is 5.97 Å². The molecule has 0 aliphatic heterocycles. The van der Waals surface area contributed by atoms with Crippen molar-refractivity contribution >= 4 is 23.5 Å². The molecule has 1 saturated carbocycles. The Morgan fingerprint density at radius 2 is 1.91 bits per heavy atom. The maximum absolute atomic E-state index is 12.1. The number of hydrogen-bond acceptors (Lipinski definition) is 3. The van der Waals surface area contributed by atoms with Crippen molar-refractivity contribution in [3.63, 3.8) is 0 Å². The number of aliphatic carboxylic acids is 1. The molecule has 0 heterocycles. The Morgan fingerprint density at radius 3 is 2.61 bits per heavy atom. The molecule has 1 aromatic rings. The van der Waals surface area contributed by atoms with E-state index in [2.05, 4.69) is 10.6 Å². The summed E-state index contributed by atoms with van der Waals surface area (Å²) in [5, 5.41) is 14.2. The van der Waals surface area contributed by atoms with Gasteiger partial charge in [0.2, 0.25) is 5.91 Å². The van der Waals surface area contributed by atoms with Gasteiger partial charge in [-0.15, -0.1) is 0 Å². The van der Waals surface area contributed by atoms with E-state index in [1.807, 2.05) is 0 Å². The Bertz CT molecular complexity index is 582. The number of benzene rings is 1. The minimum Gasteiger partial charge on any atom is -0.481 e. The van der Waals surface area contributed by atoms with Gasteiger partial charge in [0.25, 0.3) is 5.91 Å². The Kier molecular flexibility index (Phi) is 6.14. The summed E-state index contributed by atoms with van der Waals surface area (Å²) in [6, 6.07) is 6.87.